The Morgan fingerprint density at radius 3 is 2.14 bits per heavy atom. The quantitative estimate of drug-likeness (QED) is 0.168. The molecular weight excluding hydrogens is 560 g/mol. The first-order valence-corrected chi connectivity index (χ1v) is 16.0. The van der Waals surface area contributed by atoms with Gasteiger partial charge in [-0.1, -0.05) is 48.5 Å². The Morgan fingerprint density at radius 1 is 0.952 bits per heavy atom. The summed E-state index contributed by atoms with van der Waals surface area (Å²) in [6, 6.07) is -2.25. The molecule has 1 aromatic heterocycles. The lowest BCUT2D eigenvalue weighted by atomic mass is 9.91. The molecule has 13 heteroatoms. The average molecular weight is 613 g/mol. The zero-order valence-corrected chi connectivity index (χ0v) is 27.4. The lowest BCUT2D eigenvalue weighted by molar-refractivity contribution is -0.132. The topological polar surface area (TPSA) is 164 Å². The van der Waals surface area contributed by atoms with E-state index in [0.717, 1.165) is 0 Å². The molecule has 5 N–H and O–H groups in total. The van der Waals surface area contributed by atoms with Gasteiger partial charge in [0.25, 0.3) is 0 Å². The van der Waals surface area contributed by atoms with Gasteiger partial charge in [-0.3, -0.25) is 14.4 Å². The van der Waals surface area contributed by atoms with Crippen LogP contribution in [0.3, 0.4) is 0 Å². The molecule has 0 saturated carbocycles. The van der Waals surface area contributed by atoms with Gasteiger partial charge in [0, 0.05) is 37.7 Å². The van der Waals surface area contributed by atoms with E-state index in [9.17, 15) is 24.3 Å². The minimum Gasteiger partial charge on any atom is -0.441 e. The molecule has 1 rings (SSSR count). The maximum absolute atomic E-state index is 13.2. The van der Waals surface area contributed by atoms with Crippen molar-refractivity contribution in [3.05, 3.63) is 18.2 Å². The molecule has 4 amide bonds. The number of aliphatic hydroxyl groups excluding tert-OH is 1. The van der Waals surface area contributed by atoms with Gasteiger partial charge in [0.2, 0.25) is 17.7 Å². The second-order valence-corrected chi connectivity index (χ2v) is 12.9. The highest BCUT2D eigenvalue weighted by Gasteiger charge is 2.31. The maximum Gasteiger partial charge on any atom is 0.408 e. The molecule has 0 saturated heterocycles. The van der Waals surface area contributed by atoms with Crippen LogP contribution in [0.2, 0.25) is 0 Å². The SMILES string of the molecule is CSC[C@H](NC(=O)OCc1nccn1C)C(=O)N[C@@H](CC(C)C)[C@@H](O)C[C@@H](C)C(=O)N[C@@H](C(=O)NCC(C)C)C(C)C. The summed E-state index contributed by atoms with van der Waals surface area (Å²) in [5.41, 5.74) is 0. The summed E-state index contributed by atoms with van der Waals surface area (Å²) in [5.74, 6) is -0.514. The van der Waals surface area contributed by atoms with E-state index in [1.165, 1.54) is 11.8 Å². The van der Waals surface area contributed by atoms with E-state index in [0.29, 0.717) is 24.5 Å². The van der Waals surface area contributed by atoms with E-state index >= 15 is 0 Å². The summed E-state index contributed by atoms with van der Waals surface area (Å²) in [6.07, 6.45) is 3.90. The standard InChI is InChI=1S/C29H52N6O6S/c1-17(2)12-21(23(36)13-20(7)26(37)34-25(19(5)6)28(39)31-14-18(3)4)32-27(38)22(16-42-9)33-29(40)41-15-24-30-10-11-35(24)8/h10-11,17-23,25,36H,12-16H2,1-9H3,(H,31,39)(H,32,38)(H,33,40)(H,34,37)/t20-,21+,22+,23+,25-/m1/s1. The van der Waals surface area contributed by atoms with E-state index in [1.54, 1.807) is 30.9 Å². The van der Waals surface area contributed by atoms with Crippen molar-refractivity contribution in [3.8, 4) is 0 Å². The van der Waals surface area contributed by atoms with Crippen LogP contribution in [0.5, 0.6) is 0 Å². The third-order valence-corrected chi connectivity index (χ3v) is 7.35. The molecule has 0 unspecified atom stereocenters. The fraction of sp³-hybridized carbons (Fsp3) is 0.759. The number of nitrogens with one attached hydrogen (secondary N) is 4. The lowest BCUT2D eigenvalue weighted by Gasteiger charge is -2.30. The second kappa shape index (κ2) is 18.7. The van der Waals surface area contributed by atoms with Crippen LogP contribution < -0.4 is 21.3 Å². The number of aryl methyl sites for hydroxylation is 1. The van der Waals surface area contributed by atoms with Crippen LogP contribution in [-0.4, -0.2) is 81.3 Å². The Kier molecular flexibility index (Phi) is 16.6. The number of rotatable bonds is 18. The molecule has 0 radical (unpaired) electrons. The summed E-state index contributed by atoms with van der Waals surface area (Å²) in [6.45, 7) is 13.8. The lowest BCUT2D eigenvalue weighted by Crippen LogP contribution is -2.54. The van der Waals surface area contributed by atoms with Crippen molar-refractivity contribution in [1.29, 1.82) is 0 Å². The highest BCUT2D eigenvalue weighted by atomic mass is 32.2. The fourth-order valence-corrected chi connectivity index (χ4v) is 4.75. The van der Waals surface area contributed by atoms with Gasteiger partial charge >= 0.3 is 6.09 Å². The van der Waals surface area contributed by atoms with Crippen LogP contribution in [-0.2, 0) is 32.8 Å². The van der Waals surface area contributed by atoms with E-state index < -0.39 is 42.1 Å². The third-order valence-electron chi connectivity index (χ3n) is 6.69. The van der Waals surface area contributed by atoms with Gasteiger partial charge in [0.15, 0.2) is 6.61 Å². The average Bonchev–Trinajstić information content (AvgIpc) is 3.32. The highest BCUT2D eigenvalue weighted by molar-refractivity contribution is 7.98. The number of imidazole rings is 1. The zero-order chi connectivity index (χ0) is 32.0. The largest absolute Gasteiger partial charge is 0.441 e. The molecule has 12 nitrogen and oxygen atoms in total. The van der Waals surface area contributed by atoms with Gasteiger partial charge in [-0.15, -0.1) is 0 Å². The smallest absolute Gasteiger partial charge is 0.408 e. The number of aliphatic hydroxyl groups is 1. The summed E-state index contributed by atoms with van der Waals surface area (Å²) < 4.78 is 6.96. The molecule has 5 atom stereocenters. The Hall–Kier alpha value is -2.80. The number of ether oxygens (including phenoxy) is 1. The van der Waals surface area contributed by atoms with E-state index in [4.69, 9.17) is 4.74 Å². The van der Waals surface area contributed by atoms with Crippen molar-refractivity contribution in [2.45, 2.75) is 92.1 Å². The van der Waals surface area contributed by atoms with Crippen molar-refractivity contribution in [2.24, 2.45) is 30.7 Å². The monoisotopic (exact) mass is 612 g/mol. The number of carbonyl (C=O) groups excluding carboxylic acids is 4. The van der Waals surface area contributed by atoms with Crippen LogP contribution in [0.1, 0.15) is 67.1 Å². The van der Waals surface area contributed by atoms with E-state index in [1.807, 2.05) is 47.8 Å². The van der Waals surface area contributed by atoms with Crippen LogP contribution in [0.4, 0.5) is 4.79 Å². The predicted molar refractivity (Wildman–Crippen MR) is 164 cm³/mol. The number of hydrogen-bond donors (Lipinski definition) is 5. The van der Waals surface area contributed by atoms with E-state index in [2.05, 4.69) is 26.3 Å². The van der Waals surface area contributed by atoms with Crippen molar-refractivity contribution in [3.63, 3.8) is 0 Å². The summed E-state index contributed by atoms with van der Waals surface area (Å²) in [4.78, 5) is 55.5. The molecule has 1 heterocycles. The molecule has 0 spiro atoms. The minimum absolute atomic E-state index is 0.0470. The fourth-order valence-electron chi connectivity index (χ4n) is 4.18. The van der Waals surface area contributed by atoms with Gasteiger partial charge in [0.1, 0.15) is 17.9 Å². The first kappa shape index (κ1) is 37.2. The predicted octanol–water partition coefficient (Wildman–Crippen LogP) is 2.21. The number of carbonyl (C=O) groups is 4. The molecule has 42 heavy (non-hydrogen) atoms. The Labute approximate surface area is 254 Å². The molecule has 240 valence electrons. The second-order valence-electron chi connectivity index (χ2n) is 12.0. The van der Waals surface area contributed by atoms with Crippen molar-refractivity contribution in [2.75, 3.05) is 18.6 Å². The molecule has 0 aromatic carbocycles. The molecule has 1 aromatic rings. The first-order valence-electron chi connectivity index (χ1n) is 14.6. The Morgan fingerprint density at radius 2 is 1.62 bits per heavy atom. The van der Waals surface area contributed by atoms with Crippen LogP contribution >= 0.6 is 11.8 Å². The van der Waals surface area contributed by atoms with Crippen LogP contribution in [0.15, 0.2) is 12.4 Å². The van der Waals surface area contributed by atoms with Crippen LogP contribution in [0, 0.1) is 23.7 Å². The molecule has 0 aliphatic carbocycles. The van der Waals surface area contributed by atoms with E-state index in [-0.39, 0.29) is 42.6 Å². The summed E-state index contributed by atoms with van der Waals surface area (Å²) >= 11 is 1.38. The Bertz CT molecular complexity index is 1000. The molecule has 0 aliphatic rings. The van der Waals surface area contributed by atoms with Crippen molar-refractivity contribution in [1.82, 2.24) is 30.8 Å². The number of thioether (sulfide) groups is 1. The van der Waals surface area contributed by atoms with Gasteiger partial charge < -0.3 is 35.7 Å². The number of amides is 4. The number of aromatic nitrogens is 2. The summed E-state index contributed by atoms with van der Waals surface area (Å²) in [7, 11) is 1.78. The molecular formula is C29H52N6O6S. The van der Waals surface area contributed by atoms with Gasteiger partial charge in [-0.05, 0) is 36.9 Å². The molecule has 0 aliphatic heterocycles. The van der Waals surface area contributed by atoms with Crippen molar-refractivity contribution >= 4 is 35.6 Å². The number of hydrogen-bond acceptors (Lipinski definition) is 8. The highest BCUT2D eigenvalue weighted by Crippen LogP contribution is 2.17. The number of alkyl carbamates (subject to hydrolysis) is 1. The summed E-state index contributed by atoms with van der Waals surface area (Å²) in [5, 5.41) is 22.3. The minimum atomic E-state index is -1.03. The van der Waals surface area contributed by atoms with Crippen LogP contribution in [0.25, 0.3) is 0 Å². The first-order chi connectivity index (χ1) is 19.7. The zero-order valence-electron chi connectivity index (χ0n) is 26.6. The van der Waals surface area contributed by atoms with Crippen molar-refractivity contribution < 1.29 is 29.0 Å². The molecule has 0 bridgehead atoms. The van der Waals surface area contributed by atoms with Gasteiger partial charge in [-0.25, -0.2) is 9.78 Å². The molecule has 0 fully saturated rings. The Balaban J connectivity index is 2.83. The van der Waals surface area contributed by atoms with Gasteiger partial charge in [-0.2, -0.15) is 11.8 Å². The third kappa shape index (κ3) is 13.5. The number of nitrogens with zero attached hydrogens (tertiary/aromatic N) is 2. The maximum atomic E-state index is 13.2. The van der Waals surface area contributed by atoms with Gasteiger partial charge in [0.05, 0.1) is 12.1 Å². The normalized spacial score (nSPS) is 15.1.